The van der Waals surface area contributed by atoms with Gasteiger partial charge < -0.3 is 6.16 Å². The van der Waals surface area contributed by atoms with Crippen LogP contribution in [0.4, 0.5) is 0 Å². The van der Waals surface area contributed by atoms with E-state index in [2.05, 4.69) is 4.74 Å². The Morgan fingerprint density at radius 3 is 2.38 bits per heavy atom. The Morgan fingerprint density at radius 2 is 2.25 bits per heavy atom. The van der Waals surface area contributed by atoms with Crippen molar-refractivity contribution in [1.82, 2.24) is 0 Å². The van der Waals surface area contributed by atoms with Crippen molar-refractivity contribution >= 4 is 6.47 Å². The maximum atomic E-state index is 9.49. The van der Waals surface area contributed by atoms with Gasteiger partial charge in [0.25, 0.3) is 6.47 Å². The van der Waals surface area contributed by atoms with Crippen molar-refractivity contribution in [2.45, 2.75) is 13.8 Å². The molecule has 0 bridgehead atoms. The Labute approximate surface area is 73.4 Å². The first kappa shape index (κ1) is 11.3. The average Bonchev–Trinajstić information content (AvgIpc) is 1.61. The Hall–Kier alpha value is 0.470. The van der Waals surface area contributed by atoms with E-state index < -0.39 is 0 Å². The summed E-state index contributed by atoms with van der Waals surface area (Å²) in [7, 11) is 0. The van der Waals surface area contributed by atoms with Gasteiger partial charge in [0.15, 0.2) is 0 Å². The molecule has 0 unspecified atom stereocenters. The van der Waals surface area contributed by atoms with E-state index in [1.54, 1.807) is 0 Å². The molecular formula is C5H11NaO2. The van der Waals surface area contributed by atoms with Gasteiger partial charge in [0.05, 0.1) is 6.61 Å². The molecule has 0 spiro atoms. The minimum atomic E-state index is 0. The van der Waals surface area contributed by atoms with Crippen LogP contribution in [-0.4, -0.2) is 13.1 Å². The van der Waals surface area contributed by atoms with Crippen LogP contribution in [0.15, 0.2) is 0 Å². The summed E-state index contributed by atoms with van der Waals surface area (Å²) < 4.78 is 4.41. The number of rotatable bonds is 3. The summed E-state index contributed by atoms with van der Waals surface area (Å²) in [6, 6.07) is 0. The van der Waals surface area contributed by atoms with Gasteiger partial charge in [-0.05, 0) is 5.92 Å². The maximum absolute atomic E-state index is 9.49. The van der Waals surface area contributed by atoms with Crippen LogP contribution in [0.1, 0.15) is 15.3 Å². The molecule has 0 N–H and O–H groups in total. The SMILES string of the molecule is CC(C)COC=O.[H-].[Na+]. The van der Waals surface area contributed by atoms with Gasteiger partial charge in [-0.3, -0.25) is 4.79 Å². The van der Waals surface area contributed by atoms with Crippen molar-refractivity contribution in [3.05, 3.63) is 0 Å². The topological polar surface area (TPSA) is 26.3 Å². The molecule has 0 aromatic carbocycles. The summed E-state index contributed by atoms with van der Waals surface area (Å²) in [5.41, 5.74) is 0. The molecule has 0 radical (unpaired) electrons. The van der Waals surface area contributed by atoms with Gasteiger partial charge in [-0.2, -0.15) is 0 Å². The van der Waals surface area contributed by atoms with Gasteiger partial charge in [-0.15, -0.1) is 0 Å². The van der Waals surface area contributed by atoms with E-state index in [-0.39, 0.29) is 31.0 Å². The molecule has 0 aromatic heterocycles. The van der Waals surface area contributed by atoms with Crippen LogP contribution >= 0.6 is 0 Å². The van der Waals surface area contributed by atoms with E-state index in [0.29, 0.717) is 19.0 Å². The first-order valence-electron chi connectivity index (χ1n) is 2.32. The second-order valence-corrected chi connectivity index (χ2v) is 1.82. The zero-order chi connectivity index (χ0) is 5.70. The molecule has 0 saturated carbocycles. The fourth-order valence-electron chi connectivity index (χ4n) is 0.232. The fourth-order valence-corrected chi connectivity index (χ4v) is 0.232. The molecule has 0 atom stereocenters. The number of ether oxygens (including phenoxy) is 1. The third kappa shape index (κ3) is 9.69. The van der Waals surface area contributed by atoms with Crippen LogP contribution < -0.4 is 29.6 Å². The fraction of sp³-hybridized carbons (Fsp3) is 0.800. The van der Waals surface area contributed by atoms with Crippen molar-refractivity contribution in [1.29, 1.82) is 0 Å². The molecule has 0 amide bonds. The van der Waals surface area contributed by atoms with E-state index in [0.717, 1.165) is 0 Å². The summed E-state index contributed by atoms with van der Waals surface area (Å²) in [5.74, 6) is 0.449. The Balaban J connectivity index is -0.000000180. The number of hydrogen-bond acceptors (Lipinski definition) is 2. The van der Waals surface area contributed by atoms with Crippen molar-refractivity contribution in [3.8, 4) is 0 Å². The van der Waals surface area contributed by atoms with Crippen LogP contribution in [0.5, 0.6) is 0 Å². The number of carbonyl (C=O) groups is 1. The van der Waals surface area contributed by atoms with Crippen LogP contribution in [0, 0.1) is 5.92 Å². The van der Waals surface area contributed by atoms with E-state index in [4.69, 9.17) is 0 Å². The standard InChI is InChI=1S/C5H10O2.Na.H/c1-5(2)3-7-4-6;;/h4-5H,3H2,1-2H3;;/q;+1;-1. The van der Waals surface area contributed by atoms with E-state index in [9.17, 15) is 4.79 Å². The van der Waals surface area contributed by atoms with Gasteiger partial charge in [-0.25, -0.2) is 0 Å². The third-order valence-electron chi connectivity index (χ3n) is 0.498. The Kier molecular flexibility index (Phi) is 10.5. The molecule has 0 heterocycles. The maximum Gasteiger partial charge on any atom is 1.00 e. The monoisotopic (exact) mass is 126 g/mol. The molecule has 0 aliphatic carbocycles. The number of hydrogen-bond donors (Lipinski definition) is 0. The van der Waals surface area contributed by atoms with Crippen LogP contribution in [0.2, 0.25) is 0 Å². The van der Waals surface area contributed by atoms with Crippen molar-refractivity contribution in [2.75, 3.05) is 6.61 Å². The summed E-state index contributed by atoms with van der Waals surface area (Å²) in [4.78, 5) is 9.49. The van der Waals surface area contributed by atoms with E-state index in [1.807, 2.05) is 13.8 Å². The van der Waals surface area contributed by atoms with Gasteiger partial charge in [0, 0.05) is 0 Å². The molecule has 0 saturated heterocycles. The van der Waals surface area contributed by atoms with Gasteiger partial charge in [0.1, 0.15) is 0 Å². The predicted molar refractivity (Wildman–Crippen MR) is 28.0 cm³/mol. The minimum Gasteiger partial charge on any atom is -1.00 e. The third-order valence-corrected chi connectivity index (χ3v) is 0.498. The normalized spacial score (nSPS) is 7.88. The average molecular weight is 126 g/mol. The van der Waals surface area contributed by atoms with Crippen molar-refractivity contribution in [2.24, 2.45) is 5.92 Å². The molecule has 8 heavy (non-hydrogen) atoms. The summed E-state index contributed by atoms with van der Waals surface area (Å²) in [5, 5.41) is 0. The summed E-state index contributed by atoms with van der Waals surface area (Å²) >= 11 is 0. The van der Waals surface area contributed by atoms with Crippen LogP contribution in [-0.2, 0) is 9.53 Å². The minimum absolute atomic E-state index is 0. The molecule has 3 heteroatoms. The molecule has 2 nitrogen and oxygen atoms in total. The largest absolute Gasteiger partial charge is 1.00 e. The molecule has 0 aliphatic rings. The second kappa shape index (κ2) is 7.47. The van der Waals surface area contributed by atoms with E-state index in [1.165, 1.54) is 0 Å². The second-order valence-electron chi connectivity index (χ2n) is 1.82. The first-order valence-corrected chi connectivity index (χ1v) is 2.32. The molecular weight excluding hydrogens is 115 g/mol. The molecule has 44 valence electrons. The Morgan fingerprint density at radius 1 is 1.75 bits per heavy atom. The van der Waals surface area contributed by atoms with Gasteiger partial charge >= 0.3 is 29.6 Å². The van der Waals surface area contributed by atoms with Crippen molar-refractivity contribution < 1.29 is 40.5 Å². The quantitative estimate of drug-likeness (QED) is 0.321. The van der Waals surface area contributed by atoms with Crippen molar-refractivity contribution in [3.63, 3.8) is 0 Å². The predicted octanol–water partition coefficient (Wildman–Crippen LogP) is -2.07. The molecule has 0 rings (SSSR count). The van der Waals surface area contributed by atoms with Gasteiger partial charge in [-0.1, -0.05) is 13.8 Å². The Bertz CT molecular complexity index is 58.9. The van der Waals surface area contributed by atoms with Crippen LogP contribution in [0.25, 0.3) is 0 Å². The summed E-state index contributed by atoms with van der Waals surface area (Å²) in [6.45, 7) is 4.98. The van der Waals surface area contributed by atoms with E-state index >= 15 is 0 Å². The molecule has 0 aromatic rings. The zero-order valence-electron chi connectivity index (χ0n) is 6.68. The molecule has 0 fully saturated rings. The van der Waals surface area contributed by atoms with Gasteiger partial charge in [0.2, 0.25) is 0 Å². The number of carbonyl (C=O) groups excluding carboxylic acids is 1. The summed E-state index contributed by atoms with van der Waals surface area (Å²) in [6.07, 6.45) is 0. The van der Waals surface area contributed by atoms with Crippen LogP contribution in [0.3, 0.4) is 0 Å². The molecule has 0 aliphatic heterocycles. The zero-order valence-corrected chi connectivity index (χ0v) is 7.68. The smallest absolute Gasteiger partial charge is 1.00 e. The first-order chi connectivity index (χ1) is 3.27.